The van der Waals surface area contributed by atoms with Crippen LogP contribution in [0.15, 0.2) is 24.4 Å². The smallest absolute Gasteiger partial charge is 0.381 e. The number of anilines is 1. The standard InChI is InChI=1S/C16H19N5O3/c1-10-18-15(21(23)24)8-20(10)9-16(22)19-14-4-2-3-11-7-12(17)5-6-13(11)14/h5-8,14H,2-4,9,17H2,1H3,(H,19,22). The van der Waals surface area contributed by atoms with Crippen LogP contribution < -0.4 is 11.1 Å². The van der Waals surface area contributed by atoms with Gasteiger partial charge in [-0.1, -0.05) is 6.07 Å². The summed E-state index contributed by atoms with van der Waals surface area (Å²) >= 11 is 0. The molecule has 2 aromatic rings. The Labute approximate surface area is 138 Å². The second-order valence-corrected chi connectivity index (χ2v) is 6.00. The van der Waals surface area contributed by atoms with Crippen molar-refractivity contribution in [2.24, 2.45) is 0 Å². The van der Waals surface area contributed by atoms with Gasteiger partial charge in [-0.3, -0.25) is 9.36 Å². The molecule has 1 atom stereocenters. The number of nitro groups is 1. The molecule has 1 heterocycles. The van der Waals surface area contributed by atoms with Crippen LogP contribution in [-0.4, -0.2) is 20.4 Å². The van der Waals surface area contributed by atoms with Crippen LogP contribution in [-0.2, 0) is 17.8 Å². The van der Waals surface area contributed by atoms with E-state index in [9.17, 15) is 14.9 Å². The number of fused-ring (bicyclic) bond motifs is 1. The third-order valence-corrected chi connectivity index (χ3v) is 4.28. The minimum atomic E-state index is -0.566. The van der Waals surface area contributed by atoms with Crippen LogP contribution >= 0.6 is 0 Å². The maximum Gasteiger partial charge on any atom is 0.381 e. The zero-order valence-electron chi connectivity index (χ0n) is 13.4. The van der Waals surface area contributed by atoms with E-state index in [0.717, 1.165) is 30.5 Å². The van der Waals surface area contributed by atoms with Gasteiger partial charge >= 0.3 is 5.82 Å². The molecule has 1 aromatic carbocycles. The van der Waals surface area contributed by atoms with E-state index < -0.39 is 4.92 Å². The normalized spacial score (nSPS) is 16.5. The third-order valence-electron chi connectivity index (χ3n) is 4.28. The van der Waals surface area contributed by atoms with Crippen molar-refractivity contribution >= 4 is 17.4 Å². The second kappa shape index (κ2) is 6.31. The van der Waals surface area contributed by atoms with Crippen molar-refractivity contribution in [1.29, 1.82) is 0 Å². The van der Waals surface area contributed by atoms with Gasteiger partial charge in [-0.15, -0.1) is 0 Å². The summed E-state index contributed by atoms with van der Waals surface area (Å²) < 4.78 is 1.49. The highest BCUT2D eigenvalue weighted by Gasteiger charge is 2.23. The summed E-state index contributed by atoms with van der Waals surface area (Å²) in [6.07, 6.45) is 4.09. The number of aryl methyl sites for hydroxylation is 2. The maximum atomic E-state index is 12.3. The molecule has 24 heavy (non-hydrogen) atoms. The largest absolute Gasteiger partial charge is 0.399 e. The van der Waals surface area contributed by atoms with Gasteiger partial charge in [-0.05, 0) is 52.4 Å². The lowest BCUT2D eigenvalue weighted by Crippen LogP contribution is -2.33. The van der Waals surface area contributed by atoms with Gasteiger partial charge in [0, 0.05) is 12.6 Å². The first-order valence-electron chi connectivity index (χ1n) is 7.80. The third kappa shape index (κ3) is 3.22. The zero-order valence-corrected chi connectivity index (χ0v) is 13.4. The van der Waals surface area contributed by atoms with Crippen LogP contribution in [0.5, 0.6) is 0 Å². The van der Waals surface area contributed by atoms with Gasteiger partial charge in [0.1, 0.15) is 12.7 Å². The molecule has 0 fully saturated rings. The number of carbonyl (C=O) groups is 1. The van der Waals surface area contributed by atoms with Gasteiger partial charge in [0.05, 0.1) is 6.04 Å². The van der Waals surface area contributed by atoms with Crippen molar-refractivity contribution in [3.63, 3.8) is 0 Å². The predicted octanol–water partition coefficient (Wildman–Crippen LogP) is 1.88. The lowest BCUT2D eigenvalue weighted by Gasteiger charge is -2.26. The van der Waals surface area contributed by atoms with Crippen LogP contribution in [0.2, 0.25) is 0 Å². The van der Waals surface area contributed by atoms with E-state index in [0.29, 0.717) is 5.82 Å². The Hall–Kier alpha value is -2.90. The van der Waals surface area contributed by atoms with Gasteiger partial charge in [0.15, 0.2) is 0 Å². The molecule has 8 heteroatoms. The molecular weight excluding hydrogens is 310 g/mol. The highest BCUT2D eigenvalue weighted by molar-refractivity contribution is 5.76. The average Bonchev–Trinajstić information content (AvgIpc) is 2.88. The Bertz CT molecular complexity index is 799. The Morgan fingerprint density at radius 3 is 3.04 bits per heavy atom. The summed E-state index contributed by atoms with van der Waals surface area (Å²) in [4.78, 5) is 26.3. The van der Waals surface area contributed by atoms with Crippen molar-refractivity contribution in [3.05, 3.63) is 51.5 Å². The molecule has 8 nitrogen and oxygen atoms in total. The van der Waals surface area contributed by atoms with Gasteiger partial charge in [-0.2, -0.15) is 0 Å². The van der Waals surface area contributed by atoms with E-state index in [4.69, 9.17) is 5.73 Å². The molecule has 126 valence electrons. The summed E-state index contributed by atoms with van der Waals surface area (Å²) in [5.74, 6) is -0.00692. The Morgan fingerprint density at radius 1 is 1.54 bits per heavy atom. The fraction of sp³-hybridized carbons (Fsp3) is 0.375. The van der Waals surface area contributed by atoms with Gasteiger partial charge in [0.2, 0.25) is 11.7 Å². The van der Waals surface area contributed by atoms with Crippen LogP contribution in [0.25, 0.3) is 0 Å². The molecule has 0 bridgehead atoms. The number of hydrogen-bond donors (Lipinski definition) is 2. The molecule has 1 unspecified atom stereocenters. The lowest BCUT2D eigenvalue weighted by atomic mass is 9.87. The fourth-order valence-corrected chi connectivity index (χ4v) is 3.12. The van der Waals surface area contributed by atoms with Crippen LogP contribution in [0, 0.1) is 17.0 Å². The minimum Gasteiger partial charge on any atom is -0.399 e. The Balaban J connectivity index is 1.71. The number of rotatable bonds is 4. The first-order chi connectivity index (χ1) is 11.4. The number of benzene rings is 1. The van der Waals surface area contributed by atoms with Crippen LogP contribution in [0.3, 0.4) is 0 Å². The van der Waals surface area contributed by atoms with Crippen LogP contribution in [0.4, 0.5) is 11.5 Å². The van der Waals surface area contributed by atoms with E-state index >= 15 is 0 Å². The molecule has 0 radical (unpaired) electrons. The van der Waals surface area contributed by atoms with Crippen LogP contribution in [0.1, 0.15) is 35.8 Å². The van der Waals surface area contributed by atoms with Gasteiger partial charge in [-0.25, -0.2) is 0 Å². The number of carbonyl (C=O) groups excluding carboxylic acids is 1. The summed E-state index contributed by atoms with van der Waals surface area (Å²) in [5, 5.41) is 13.8. The van der Waals surface area contributed by atoms with E-state index in [1.165, 1.54) is 16.3 Å². The van der Waals surface area contributed by atoms with Crippen molar-refractivity contribution < 1.29 is 9.72 Å². The van der Waals surface area contributed by atoms with E-state index in [2.05, 4.69) is 10.3 Å². The molecule has 1 amide bonds. The van der Waals surface area contributed by atoms with E-state index in [1.54, 1.807) is 6.92 Å². The summed E-state index contributed by atoms with van der Waals surface area (Å²) in [6, 6.07) is 5.70. The number of imidazole rings is 1. The quantitative estimate of drug-likeness (QED) is 0.504. The van der Waals surface area contributed by atoms with Crippen molar-refractivity contribution in [2.45, 2.75) is 38.8 Å². The highest BCUT2D eigenvalue weighted by atomic mass is 16.6. The molecule has 3 N–H and O–H groups in total. The lowest BCUT2D eigenvalue weighted by molar-refractivity contribution is -0.389. The van der Waals surface area contributed by atoms with Gasteiger partial charge < -0.3 is 21.2 Å². The SMILES string of the molecule is Cc1nc([N+](=O)[O-])cn1CC(=O)NC1CCCc2cc(N)ccc21. The molecule has 1 aromatic heterocycles. The van der Waals surface area contributed by atoms with Crippen molar-refractivity contribution in [3.8, 4) is 0 Å². The highest BCUT2D eigenvalue weighted by Crippen LogP contribution is 2.30. The average molecular weight is 329 g/mol. The summed E-state index contributed by atoms with van der Waals surface area (Å²) in [6.45, 7) is 1.65. The Kier molecular flexibility index (Phi) is 4.20. The number of hydrogen-bond acceptors (Lipinski definition) is 5. The van der Waals surface area contributed by atoms with Crippen molar-refractivity contribution in [1.82, 2.24) is 14.9 Å². The molecular formula is C16H19N5O3. The first-order valence-corrected chi connectivity index (χ1v) is 7.80. The predicted molar refractivity (Wildman–Crippen MR) is 88.3 cm³/mol. The van der Waals surface area contributed by atoms with Crippen molar-refractivity contribution in [2.75, 3.05) is 5.73 Å². The number of aromatic nitrogens is 2. The number of nitrogens with two attached hydrogens (primary N) is 1. The minimum absolute atomic E-state index is 0.00742. The van der Waals surface area contributed by atoms with E-state index in [1.807, 2.05) is 18.2 Å². The fourth-order valence-electron chi connectivity index (χ4n) is 3.12. The molecule has 1 aliphatic carbocycles. The molecule has 0 saturated carbocycles. The first kappa shape index (κ1) is 16.0. The summed E-state index contributed by atoms with van der Waals surface area (Å²) in [5.41, 5.74) is 8.81. The number of nitrogen functional groups attached to an aromatic ring is 1. The van der Waals surface area contributed by atoms with E-state index in [-0.39, 0.29) is 24.3 Å². The Morgan fingerprint density at radius 2 is 2.33 bits per heavy atom. The molecule has 1 aliphatic rings. The van der Waals surface area contributed by atoms with Gasteiger partial charge in [0.25, 0.3) is 0 Å². The molecule has 0 spiro atoms. The number of nitrogens with zero attached hydrogens (tertiary/aromatic N) is 3. The second-order valence-electron chi connectivity index (χ2n) is 6.00. The number of nitrogens with one attached hydrogen (secondary N) is 1. The molecule has 0 saturated heterocycles. The topological polar surface area (TPSA) is 116 Å². The monoisotopic (exact) mass is 329 g/mol. The molecule has 0 aliphatic heterocycles. The molecule has 3 rings (SSSR count). The zero-order chi connectivity index (χ0) is 17.3. The maximum absolute atomic E-state index is 12.3. The summed E-state index contributed by atoms with van der Waals surface area (Å²) in [7, 11) is 0. The number of amides is 1.